The van der Waals surface area contributed by atoms with Gasteiger partial charge in [-0.3, -0.25) is 9.59 Å². The quantitative estimate of drug-likeness (QED) is 0.762. The topological polar surface area (TPSA) is 96.4 Å². The normalized spacial score (nSPS) is 23.4. The van der Waals surface area contributed by atoms with Crippen molar-refractivity contribution >= 4 is 29.3 Å². The van der Waals surface area contributed by atoms with Crippen LogP contribution in [0.3, 0.4) is 0 Å². The van der Waals surface area contributed by atoms with Crippen LogP contribution in [0.5, 0.6) is 5.75 Å². The highest BCUT2D eigenvalue weighted by molar-refractivity contribution is 8.04. The monoisotopic (exact) mass is 419 g/mol. The average Bonchev–Trinajstić information content (AvgIpc) is 2.98. The molecule has 2 aromatic carbocycles. The molecule has 2 N–H and O–H groups in total. The van der Waals surface area contributed by atoms with E-state index >= 15 is 0 Å². The number of thioether (sulfide) groups is 1. The van der Waals surface area contributed by atoms with Crippen LogP contribution in [0, 0.1) is 24.2 Å². The molecule has 0 aromatic heterocycles. The van der Waals surface area contributed by atoms with Crippen LogP contribution in [0.4, 0.5) is 5.69 Å². The molecule has 0 unspecified atom stereocenters. The smallest absolute Gasteiger partial charge is 0.248 e. The van der Waals surface area contributed by atoms with E-state index in [4.69, 9.17) is 10.5 Å². The van der Waals surface area contributed by atoms with E-state index in [1.165, 1.54) is 4.90 Å². The number of fused-ring (bicyclic) bond motifs is 1. The fraction of sp³-hybridized carbons (Fsp3) is 0.261. The Hall–Kier alpha value is -3.24. The molecule has 1 saturated heterocycles. The Kier molecular flexibility index (Phi) is 5.27. The lowest BCUT2D eigenvalue weighted by Crippen LogP contribution is -2.33. The number of nitrogens with zero attached hydrogens (tertiary/aromatic N) is 2. The van der Waals surface area contributed by atoms with E-state index in [9.17, 15) is 14.9 Å². The number of carbonyl (C=O) groups is 2. The first-order valence-corrected chi connectivity index (χ1v) is 10.6. The van der Waals surface area contributed by atoms with Crippen LogP contribution in [0.25, 0.3) is 0 Å². The molecule has 2 heterocycles. The minimum atomic E-state index is -0.691. The van der Waals surface area contributed by atoms with Crippen molar-refractivity contribution in [2.75, 3.05) is 11.5 Å². The van der Waals surface area contributed by atoms with Gasteiger partial charge in [0.05, 0.1) is 34.9 Å². The van der Waals surface area contributed by atoms with Crippen molar-refractivity contribution in [3.8, 4) is 11.8 Å². The third-order valence-electron chi connectivity index (χ3n) is 5.45. The summed E-state index contributed by atoms with van der Waals surface area (Å²) in [6.07, 6.45) is 0. The molecule has 0 saturated carbocycles. The zero-order valence-corrected chi connectivity index (χ0v) is 17.5. The Morgan fingerprint density at radius 2 is 1.77 bits per heavy atom. The molecule has 152 valence electrons. The predicted molar refractivity (Wildman–Crippen MR) is 116 cm³/mol. The van der Waals surface area contributed by atoms with E-state index in [-0.39, 0.29) is 11.8 Å². The van der Waals surface area contributed by atoms with Gasteiger partial charge in [-0.05, 0) is 43.7 Å². The second-order valence-electron chi connectivity index (χ2n) is 7.28. The van der Waals surface area contributed by atoms with Crippen LogP contribution in [-0.2, 0) is 9.59 Å². The van der Waals surface area contributed by atoms with Crippen molar-refractivity contribution in [1.82, 2.24) is 0 Å². The summed E-state index contributed by atoms with van der Waals surface area (Å²) in [5, 5.41) is 9.42. The average molecular weight is 420 g/mol. The van der Waals surface area contributed by atoms with Gasteiger partial charge in [0.1, 0.15) is 11.0 Å². The molecule has 2 amide bonds. The summed E-state index contributed by atoms with van der Waals surface area (Å²) in [4.78, 5) is 27.9. The molecule has 0 bridgehead atoms. The SMILES string of the molecule is CCOc1ccc([C@H]2C(C#N)=C(N)S[C@H]3C(=O)N(c4ccc(C)cc4)C(=O)[C@H]23)cc1. The van der Waals surface area contributed by atoms with Crippen molar-refractivity contribution in [2.45, 2.75) is 25.0 Å². The van der Waals surface area contributed by atoms with E-state index in [2.05, 4.69) is 6.07 Å². The number of carbonyl (C=O) groups excluding carboxylic acids is 2. The number of hydrogen-bond donors (Lipinski definition) is 1. The second-order valence-corrected chi connectivity index (χ2v) is 8.46. The molecular weight excluding hydrogens is 398 g/mol. The van der Waals surface area contributed by atoms with Crippen LogP contribution >= 0.6 is 11.8 Å². The first kappa shape index (κ1) is 20.0. The van der Waals surface area contributed by atoms with Gasteiger partial charge in [0.15, 0.2) is 0 Å². The van der Waals surface area contributed by atoms with Gasteiger partial charge in [0.25, 0.3) is 0 Å². The molecule has 3 atom stereocenters. The summed E-state index contributed by atoms with van der Waals surface area (Å²) in [6.45, 7) is 4.38. The second kappa shape index (κ2) is 7.88. The molecule has 30 heavy (non-hydrogen) atoms. The van der Waals surface area contributed by atoms with Gasteiger partial charge in [-0.15, -0.1) is 0 Å². The summed E-state index contributed by atoms with van der Waals surface area (Å²) in [5.74, 6) is -1.17. The number of rotatable bonds is 4. The number of aryl methyl sites for hydroxylation is 1. The van der Waals surface area contributed by atoms with Crippen LogP contribution in [0.2, 0.25) is 0 Å². The first-order valence-electron chi connectivity index (χ1n) is 9.70. The van der Waals surface area contributed by atoms with Gasteiger partial charge in [-0.25, -0.2) is 4.90 Å². The van der Waals surface area contributed by atoms with Crippen molar-refractivity contribution in [3.63, 3.8) is 0 Å². The lowest BCUT2D eigenvalue weighted by molar-refractivity contribution is -0.122. The maximum Gasteiger partial charge on any atom is 0.248 e. The number of imide groups is 1. The first-order chi connectivity index (χ1) is 14.5. The standard InChI is InChI=1S/C23H21N3O3S/c1-3-29-16-10-6-14(7-11-16)18-17(12-24)21(25)30-20-19(18)22(27)26(23(20)28)15-8-4-13(2)5-9-15/h4-11,18-20H,3,25H2,1-2H3/t18-,19+,20+/m0/s1. The van der Waals surface area contributed by atoms with Crippen molar-refractivity contribution in [3.05, 3.63) is 70.3 Å². The number of benzene rings is 2. The molecule has 7 heteroatoms. The molecule has 0 radical (unpaired) electrons. The summed E-state index contributed by atoms with van der Waals surface area (Å²) < 4.78 is 5.50. The van der Waals surface area contributed by atoms with Crippen LogP contribution in [0.15, 0.2) is 59.1 Å². The number of amides is 2. The highest BCUT2D eigenvalue weighted by Gasteiger charge is 2.56. The molecule has 2 aromatic rings. The van der Waals surface area contributed by atoms with Gasteiger partial charge in [-0.1, -0.05) is 41.6 Å². The molecule has 2 aliphatic rings. The Labute approximate surface area is 179 Å². The van der Waals surface area contributed by atoms with Gasteiger partial charge in [0.2, 0.25) is 11.8 Å². The molecular formula is C23H21N3O3S. The van der Waals surface area contributed by atoms with Crippen LogP contribution in [-0.4, -0.2) is 23.7 Å². The lowest BCUT2D eigenvalue weighted by Gasteiger charge is -2.30. The Balaban J connectivity index is 1.77. The van der Waals surface area contributed by atoms with E-state index in [0.717, 1.165) is 22.9 Å². The third kappa shape index (κ3) is 3.23. The summed E-state index contributed by atoms with van der Waals surface area (Å²) in [5.41, 5.74) is 8.84. The predicted octanol–water partition coefficient (Wildman–Crippen LogP) is 3.48. The van der Waals surface area contributed by atoms with Gasteiger partial charge < -0.3 is 10.5 Å². The fourth-order valence-corrected chi connectivity index (χ4v) is 5.23. The number of nitriles is 1. The molecule has 1 fully saturated rings. The highest BCUT2D eigenvalue weighted by atomic mass is 32.2. The number of ether oxygens (including phenoxy) is 1. The molecule has 4 rings (SSSR count). The minimum absolute atomic E-state index is 0.296. The Bertz CT molecular complexity index is 1070. The van der Waals surface area contributed by atoms with Gasteiger partial charge in [-0.2, -0.15) is 5.26 Å². The zero-order chi connectivity index (χ0) is 21.4. The molecule has 6 nitrogen and oxygen atoms in total. The summed E-state index contributed by atoms with van der Waals surface area (Å²) in [7, 11) is 0. The van der Waals surface area contributed by atoms with E-state index < -0.39 is 17.1 Å². The van der Waals surface area contributed by atoms with Crippen LogP contribution in [0.1, 0.15) is 24.0 Å². The van der Waals surface area contributed by atoms with Gasteiger partial charge >= 0.3 is 0 Å². The van der Waals surface area contributed by atoms with Gasteiger partial charge in [0, 0.05) is 5.92 Å². The summed E-state index contributed by atoms with van der Waals surface area (Å²) >= 11 is 1.11. The van der Waals surface area contributed by atoms with E-state index in [1.54, 1.807) is 24.3 Å². The van der Waals surface area contributed by atoms with E-state index in [0.29, 0.717) is 28.6 Å². The number of nitrogens with two attached hydrogens (primary N) is 1. The largest absolute Gasteiger partial charge is 0.494 e. The molecule has 2 aliphatic heterocycles. The van der Waals surface area contributed by atoms with Crippen molar-refractivity contribution in [1.29, 1.82) is 5.26 Å². The number of anilines is 1. The zero-order valence-electron chi connectivity index (χ0n) is 16.7. The highest BCUT2D eigenvalue weighted by Crippen LogP contribution is 2.50. The summed E-state index contributed by atoms with van der Waals surface area (Å²) in [6, 6.07) is 16.7. The van der Waals surface area contributed by atoms with E-state index in [1.807, 2.05) is 38.1 Å². The maximum atomic E-state index is 13.5. The Morgan fingerprint density at radius 3 is 2.37 bits per heavy atom. The molecule has 0 aliphatic carbocycles. The van der Waals surface area contributed by atoms with Crippen molar-refractivity contribution < 1.29 is 14.3 Å². The van der Waals surface area contributed by atoms with Crippen LogP contribution < -0.4 is 15.4 Å². The number of hydrogen-bond acceptors (Lipinski definition) is 6. The Morgan fingerprint density at radius 1 is 1.10 bits per heavy atom. The molecule has 0 spiro atoms. The van der Waals surface area contributed by atoms with Crippen molar-refractivity contribution in [2.24, 2.45) is 11.7 Å². The fourth-order valence-electron chi connectivity index (χ4n) is 4.03. The third-order valence-corrected chi connectivity index (χ3v) is 6.67. The lowest BCUT2D eigenvalue weighted by atomic mass is 9.79. The number of allylic oxidation sites excluding steroid dienone is 1. The minimum Gasteiger partial charge on any atom is -0.494 e. The maximum absolute atomic E-state index is 13.5.